The molecule has 108 valence electrons. The quantitative estimate of drug-likeness (QED) is 0.745. The second-order valence-corrected chi connectivity index (χ2v) is 5.61. The van der Waals surface area contributed by atoms with Crippen molar-refractivity contribution >= 4 is 11.6 Å². The van der Waals surface area contributed by atoms with Gasteiger partial charge < -0.3 is 15.2 Å². The van der Waals surface area contributed by atoms with Crippen LogP contribution in [-0.2, 0) is 9.47 Å². The topological polar surface area (TPSA) is 44.5 Å². The lowest BCUT2D eigenvalue weighted by Crippen LogP contribution is -2.28. The van der Waals surface area contributed by atoms with Crippen molar-refractivity contribution in [1.29, 1.82) is 0 Å². The molecule has 0 heterocycles. The van der Waals surface area contributed by atoms with Crippen molar-refractivity contribution in [3.8, 4) is 0 Å². The molecule has 2 atom stereocenters. The molecular formula is C15H24ClNO2. The van der Waals surface area contributed by atoms with Gasteiger partial charge in [0, 0.05) is 17.7 Å². The summed E-state index contributed by atoms with van der Waals surface area (Å²) in [5, 5.41) is 0.697. The molecular weight excluding hydrogens is 262 g/mol. The van der Waals surface area contributed by atoms with Crippen molar-refractivity contribution in [2.45, 2.75) is 32.9 Å². The van der Waals surface area contributed by atoms with Gasteiger partial charge in [0.1, 0.15) is 0 Å². The van der Waals surface area contributed by atoms with E-state index in [1.54, 1.807) is 0 Å². The third kappa shape index (κ3) is 6.39. The van der Waals surface area contributed by atoms with Crippen molar-refractivity contribution in [1.82, 2.24) is 0 Å². The molecule has 19 heavy (non-hydrogen) atoms. The van der Waals surface area contributed by atoms with E-state index >= 15 is 0 Å². The predicted molar refractivity (Wildman–Crippen MR) is 79.5 cm³/mol. The summed E-state index contributed by atoms with van der Waals surface area (Å²) in [7, 11) is 0. The van der Waals surface area contributed by atoms with Crippen LogP contribution in [0.1, 0.15) is 32.4 Å². The number of hydrogen-bond acceptors (Lipinski definition) is 3. The van der Waals surface area contributed by atoms with Crippen LogP contribution in [0.25, 0.3) is 0 Å². The van der Waals surface area contributed by atoms with Crippen LogP contribution in [0, 0.1) is 5.92 Å². The van der Waals surface area contributed by atoms with Crippen LogP contribution in [-0.4, -0.2) is 25.9 Å². The van der Waals surface area contributed by atoms with Gasteiger partial charge in [0.2, 0.25) is 0 Å². The Labute approximate surface area is 121 Å². The van der Waals surface area contributed by atoms with Crippen molar-refractivity contribution in [3.05, 3.63) is 34.9 Å². The molecule has 2 unspecified atom stereocenters. The summed E-state index contributed by atoms with van der Waals surface area (Å²) in [6.07, 6.45) is -0.152. The number of hydrogen-bond donors (Lipinski definition) is 1. The van der Waals surface area contributed by atoms with Crippen LogP contribution in [0.2, 0.25) is 5.02 Å². The molecule has 0 aromatic heterocycles. The van der Waals surface area contributed by atoms with Crippen LogP contribution in [0.3, 0.4) is 0 Å². The lowest BCUT2D eigenvalue weighted by molar-refractivity contribution is -0.00957. The predicted octanol–water partition coefficient (Wildman–Crippen LogP) is 3.42. The Bertz CT molecular complexity index is 369. The van der Waals surface area contributed by atoms with E-state index in [4.69, 9.17) is 26.8 Å². The first-order valence-corrected chi connectivity index (χ1v) is 7.09. The van der Waals surface area contributed by atoms with E-state index in [2.05, 4.69) is 13.8 Å². The first-order valence-electron chi connectivity index (χ1n) is 6.71. The van der Waals surface area contributed by atoms with Gasteiger partial charge in [-0.15, -0.1) is 0 Å². The highest BCUT2D eigenvalue weighted by Gasteiger charge is 2.17. The Hall–Kier alpha value is -0.610. The van der Waals surface area contributed by atoms with Crippen LogP contribution in [0.15, 0.2) is 24.3 Å². The average Bonchev–Trinajstić information content (AvgIpc) is 2.32. The summed E-state index contributed by atoms with van der Waals surface area (Å²) in [6, 6.07) is 7.53. The fraction of sp³-hybridized carbons (Fsp3) is 0.600. The Morgan fingerprint density at radius 3 is 2.53 bits per heavy atom. The summed E-state index contributed by atoms with van der Waals surface area (Å²) >= 11 is 5.99. The fourth-order valence-electron chi connectivity index (χ4n) is 1.79. The molecule has 0 radical (unpaired) electrons. The zero-order valence-electron chi connectivity index (χ0n) is 11.9. The molecule has 1 rings (SSSR count). The number of nitrogens with two attached hydrogens (primary N) is 1. The molecule has 0 saturated heterocycles. The van der Waals surface area contributed by atoms with Crippen molar-refractivity contribution < 1.29 is 9.47 Å². The number of ether oxygens (including phenoxy) is 2. The Balaban J connectivity index is 2.46. The molecule has 0 fully saturated rings. The fourth-order valence-corrected chi connectivity index (χ4v) is 1.99. The first kappa shape index (κ1) is 16.4. The summed E-state index contributed by atoms with van der Waals surface area (Å²) in [5.74, 6) is 0.539. The lowest BCUT2D eigenvalue weighted by Gasteiger charge is -2.22. The monoisotopic (exact) mass is 285 g/mol. The van der Waals surface area contributed by atoms with E-state index in [1.807, 2.05) is 31.2 Å². The van der Waals surface area contributed by atoms with E-state index in [1.165, 1.54) is 0 Å². The highest BCUT2D eigenvalue weighted by atomic mass is 35.5. The zero-order chi connectivity index (χ0) is 14.3. The third-order valence-electron chi connectivity index (χ3n) is 2.63. The standard InChI is InChI=1S/C15H24ClNO2/c1-11(2)10-18-7-8-19-15(12(3)17)13-5-4-6-14(16)9-13/h4-6,9,11-12,15H,7-8,10,17H2,1-3H3. The molecule has 0 aliphatic rings. The van der Waals surface area contributed by atoms with E-state index in [0.29, 0.717) is 24.2 Å². The molecule has 0 aliphatic carbocycles. The van der Waals surface area contributed by atoms with Crippen molar-refractivity contribution in [3.63, 3.8) is 0 Å². The first-order chi connectivity index (χ1) is 9.00. The van der Waals surface area contributed by atoms with Gasteiger partial charge in [-0.3, -0.25) is 0 Å². The summed E-state index contributed by atoms with van der Waals surface area (Å²) in [6.45, 7) is 8.05. The van der Waals surface area contributed by atoms with Gasteiger partial charge in [0.15, 0.2) is 0 Å². The SMILES string of the molecule is CC(C)COCCOC(c1cccc(Cl)c1)C(C)N. The highest BCUT2D eigenvalue weighted by molar-refractivity contribution is 6.30. The van der Waals surface area contributed by atoms with Crippen LogP contribution in [0.5, 0.6) is 0 Å². The Morgan fingerprint density at radius 1 is 1.21 bits per heavy atom. The molecule has 0 amide bonds. The minimum Gasteiger partial charge on any atom is -0.379 e. The summed E-state index contributed by atoms with van der Waals surface area (Å²) in [5.41, 5.74) is 6.98. The zero-order valence-corrected chi connectivity index (χ0v) is 12.7. The van der Waals surface area contributed by atoms with Crippen molar-refractivity contribution in [2.75, 3.05) is 19.8 Å². The van der Waals surface area contributed by atoms with Crippen LogP contribution < -0.4 is 5.73 Å². The Morgan fingerprint density at radius 2 is 1.95 bits per heavy atom. The van der Waals surface area contributed by atoms with E-state index in [0.717, 1.165) is 12.2 Å². The highest BCUT2D eigenvalue weighted by Crippen LogP contribution is 2.23. The van der Waals surface area contributed by atoms with Gasteiger partial charge >= 0.3 is 0 Å². The maximum atomic E-state index is 5.99. The second-order valence-electron chi connectivity index (χ2n) is 5.17. The van der Waals surface area contributed by atoms with Gasteiger partial charge in [-0.1, -0.05) is 37.6 Å². The van der Waals surface area contributed by atoms with Crippen molar-refractivity contribution in [2.24, 2.45) is 11.7 Å². The van der Waals surface area contributed by atoms with Gasteiger partial charge in [0.25, 0.3) is 0 Å². The third-order valence-corrected chi connectivity index (χ3v) is 2.87. The number of benzene rings is 1. The Kier molecular flexibility index (Phi) is 7.39. The van der Waals surface area contributed by atoms with E-state index in [9.17, 15) is 0 Å². The number of rotatable bonds is 8. The van der Waals surface area contributed by atoms with Gasteiger partial charge in [-0.2, -0.15) is 0 Å². The maximum Gasteiger partial charge on any atom is 0.0974 e. The maximum absolute atomic E-state index is 5.99. The second kappa shape index (κ2) is 8.54. The van der Waals surface area contributed by atoms with E-state index in [-0.39, 0.29) is 12.1 Å². The van der Waals surface area contributed by atoms with E-state index < -0.39 is 0 Å². The molecule has 0 spiro atoms. The molecule has 3 nitrogen and oxygen atoms in total. The molecule has 1 aromatic carbocycles. The van der Waals surface area contributed by atoms with Crippen LogP contribution >= 0.6 is 11.6 Å². The summed E-state index contributed by atoms with van der Waals surface area (Å²) in [4.78, 5) is 0. The molecule has 0 saturated carbocycles. The molecule has 0 aliphatic heterocycles. The minimum atomic E-state index is -0.152. The number of halogens is 1. The molecule has 4 heteroatoms. The normalized spacial score (nSPS) is 14.6. The largest absolute Gasteiger partial charge is 0.379 e. The van der Waals surface area contributed by atoms with Gasteiger partial charge in [-0.05, 0) is 30.5 Å². The lowest BCUT2D eigenvalue weighted by atomic mass is 10.0. The summed E-state index contributed by atoms with van der Waals surface area (Å²) < 4.78 is 11.3. The average molecular weight is 286 g/mol. The molecule has 2 N–H and O–H groups in total. The van der Waals surface area contributed by atoms with Gasteiger partial charge in [-0.25, -0.2) is 0 Å². The molecule has 1 aromatic rings. The smallest absolute Gasteiger partial charge is 0.0974 e. The minimum absolute atomic E-state index is 0.0939. The molecule has 0 bridgehead atoms. The van der Waals surface area contributed by atoms with Gasteiger partial charge in [0.05, 0.1) is 19.3 Å². The van der Waals surface area contributed by atoms with Crippen LogP contribution in [0.4, 0.5) is 0 Å².